The first-order valence-electron chi connectivity index (χ1n) is 4.16. The Morgan fingerprint density at radius 1 is 1.67 bits per heavy atom. The van der Waals surface area contributed by atoms with Crippen LogP contribution in [0, 0.1) is 20.7 Å². The molecule has 3 nitrogen and oxygen atoms in total. The van der Waals surface area contributed by atoms with E-state index in [1.165, 1.54) is 6.07 Å². The number of nitrogens with zero attached hydrogens (tertiary/aromatic N) is 1. The first-order chi connectivity index (χ1) is 7.10. The summed E-state index contributed by atoms with van der Waals surface area (Å²) in [6.07, 6.45) is 0. The van der Waals surface area contributed by atoms with Gasteiger partial charge >= 0.3 is 5.97 Å². The van der Waals surface area contributed by atoms with Gasteiger partial charge in [-0.2, -0.15) is 5.26 Å². The Morgan fingerprint density at radius 3 is 2.87 bits per heavy atom. The van der Waals surface area contributed by atoms with Gasteiger partial charge in [0.1, 0.15) is 11.9 Å². The highest BCUT2D eigenvalue weighted by atomic mass is 127. The zero-order valence-corrected chi connectivity index (χ0v) is 10.0. The topological polar surface area (TPSA) is 50.1 Å². The predicted molar refractivity (Wildman–Crippen MR) is 59.8 cm³/mol. The molecule has 1 aromatic carbocycles. The van der Waals surface area contributed by atoms with E-state index < -0.39 is 11.8 Å². The molecule has 0 saturated heterocycles. The van der Waals surface area contributed by atoms with E-state index in [0.717, 1.165) is 6.07 Å². The van der Waals surface area contributed by atoms with Crippen molar-refractivity contribution in [2.45, 2.75) is 6.92 Å². The molecule has 0 amide bonds. The average Bonchev–Trinajstić information content (AvgIpc) is 2.21. The molecular formula is C10H7FINO2. The number of esters is 1. The van der Waals surface area contributed by atoms with E-state index in [1.54, 1.807) is 13.0 Å². The number of rotatable bonds is 2. The average molecular weight is 319 g/mol. The first-order valence-corrected chi connectivity index (χ1v) is 5.24. The van der Waals surface area contributed by atoms with Crippen LogP contribution in [-0.4, -0.2) is 12.6 Å². The van der Waals surface area contributed by atoms with E-state index in [2.05, 4.69) is 0 Å². The minimum absolute atomic E-state index is 0.0764. The quantitative estimate of drug-likeness (QED) is 0.622. The fraction of sp³-hybridized carbons (Fsp3) is 0.200. The highest BCUT2D eigenvalue weighted by Crippen LogP contribution is 2.18. The van der Waals surface area contributed by atoms with Gasteiger partial charge in [-0.3, -0.25) is 0 Å². The van der Waals surface area contributed by atoms with Crippen molar-refractivity contribution in [3.63, 3.8) is 0 Å². The highest BCUT2D eigenvalue weighted by molar-refractivity contribution is 14.1. The van der Waals surface area contributed by atoms with E-state index >= 15 is 0 Å². The molecular weight excluding hydrogens is 312 g/mol. The minimum Gasteiger partial charge on any atom is -0.462 e. The Bertz CT molecular complexity index is 440. The van der Waals surface area contributed by atoms with Crippen molar-refractivity contribution in [2.24, 2.45) is 0 Å². The van der Waals surface area contributed by atoms with Gasteiger partial charge in [0, 0.05) is 3.57 Å². The molecule has 0 fully saturated rings. The van der Waals surface area contributed by atoms with Crippen molar-refractivity contribution in [1.29, 1.82) is 5.26 Å². The van der Waals surface area contributed by atoms with E-state index in [0.29, 0.717) is 3.57 Å². The third kappa shape index (κ3) is 2.65. The van der Waals surface area contributed by atoms with Gasteiger partial charge in [-0.05, 0) is 41.6 Å². The van der Waals surface area contributed by atoms with Gasteiger partial charge < -0.3 is 4.74 Å². The third-order valence-electron chi connectivity index (χ3n) is 1.67. The van der Waals surface area contributed by atoms with Crippen LogP contribution in [0.3, 0.4) is 0 Å². The Labute approximate surface area is 100.0 Å². The Hall–Kier alpha value is -1.16. The molecule has 0 aliphatic carbocycles. The van der Waals surface area contributed by atoms with Crippen molar-refractivity contribution in [2.75, 3.05) is 6.61 Å². The van der Waals surface area contributed by atoms with E-state index in [4.69, 9.17) is 10.00 Å². The van der Waals surface area contributed by atoms with E-state index in [-0.39, 0.29) is 17.7 Å². The molecule has 1 aromatic rings. The van der Waals surface area contributed by atoms with Crippen LogP contribution in [0.15, 0.2) is 12.1 Å². The number of halogens is 2. The third-order valence-corrected chi connectivity index (χ3v) is 2.57. The van der Waals surface area contributed by atoms with Crippen LogP contribution >= 0.6 is 22.6 Å². The van der Waals surface area contributed by atoms with Crippen LogP contribution in [0.1, 0.15) is 22.8 Å². The molecule has 0 atom stereocenters. The lowest BCUT2D eigenvalue weighted by molar-refractivity contribution is 0.0524. The van der Waals surface area contributed by atoms with Crippen LogP contribution in [0.5, 0.6) is 0 Å². The SMILES string of the molecule is CCOC(=O)c1cc(F)c(C#N)cc1I. The van der Waals surface area contributed by atoms with Crippen molar-refractivity contribution in [3.8, 4) is 6.07 Å². The van der Waals surface area contributed by atoms with Crippen LogP contribution in [0.4, 0.5) is 4.39 Å². The fourth-order valence-corrected chi connectivity index (χ4v) is 1.69. The molecule has 0 saturated carbocycles. The number of hydrogen-bond acceptors (Lipinski definition) is 3. The molecule has 0 bridgehead atoms. The predicted octanol–water partition coefficient (Wildman–Crippen LogP) is 2.48. The number of carbonyl (C=O) groups is 1. The molecule has 0 aliphatic rings. The minimum atomic E-state index is -0.707. The maximum atomic E-state index is 13.2. The Morgan fingerprint density at radius 2 is 2.33 bits per heavy atom. The lowest BCUT2D eigenvalue weighted by Gasteiger charge is -2.04. The zero-order valence-electron chi connectivity index (χ0n) is 7.88. The second-order valence-corrected chi connectivity index (χ2v) is 3.81. The standard InChI is InChI=1S/C10H7FINO2/c1-2-15-10(14)7-4-8(11)6(5-13)3-9(7)12/h3-4H,2H2,1H3. The number of nitriles is 1. The summed E-state index contributed by atoms with van der Waals surface area (Å²) < 4.78 is 18.4. The van der Waals surface area contributed by atoms with Gasteiger partial charge in [0.25, 0.3) is 0 Å². The molecule has 78 valence electrons. The van der Waals surface area contributed by atoms with Crippen LogP contribution in [0.2, 0.25) is 0 Å². The number of hydrogen-bond donors (Lipinski definition) is 0. The van der Waals surface area contributed by atoms with Crippen molar-refractivity contribution < 1.29 is 13.9 Å². The molecule has 0 N–H and O–H groups in total. The Kier molecular flexibility index (Phi) is 4.03. The molecule has 15 heavy (non-hydrogen) atoms. The van der Waals surface area contributed by atoms with E-state index in [1.807, 2.05) is 22.6 Å². The van der Waals surface area contributed by atoms with Crippen LogP contribution in [0.25, 0.3) is 0 Å². The highest BCUT2D eigenvalue weighted by Gasteiger charge is 2.14. The summed E-state index contributed by atoms with van der Waals surface area (Å²) in [4.78, 5) is 11.3. The smallest absolute Gasteiger partial charge is 0.339 e. The van der Waals surface area contributed by atoms with Crippen LogP contribution in [-0.2, 0) is 4.74 Å². The molecule has 5 heteroatoms. The second-order valence-electron chi connectivity index (χ2n) is 2.64. The van der Waals surface area contributed by atoms with Crippen molar-refractivity contribution >= 4 is 28.6 Å². The summed E-state index contributed by atoms with van der Waals surface area (Å²) in [6, 6.07) is 4.05. The summed E-state index contributed by atoms with van der Waals surface area (Å²) in [5.74, 6) is -1.29. The van der Waals surface area contributed by atoms with Gasteiger partial charge in [0.15, 0.2) is 0 Å². The molecule has 0 spiro atoms. The van der Waals surface area contributed by atoms with Gasteiger partial charge in [-0.25, -0.2) is 9.18 Å². The maximum absolute atomic E-state index is 13.2. The van der Waals surface area contributed by atoms with Gasteiger partial charge in [-0.15, -0.1) is 0 Å². The summed E-state index contributed by atoms with van der Waals surface area (Å²) in [6.45, 7) is 1.90. The summed E-state index contributed by atoms with van der Waals surface area (Å²) in [5.41, 5.74) is 0.0707. The zero-order chi connectivity index (χ0) is 11.4. The summed E-state index contributed by atoms with van der Waals surface area (Å²) >= 11 is 1.86. The van der Waals surface area contributed by atoms with Crippen molar-refractivity contribution in [1.82, 2.24) is 0 Å². The van der Waals surface area contributed by atoms with Gasteiger partial charge in [0.2, 0.25) is 0 Å². The normalized spacial score (nSPS) is 9.47. The number of ether oxygens (including phenoxy) is 1. The Balaban J connectivity index is 3.17. The lowest BCUT2D eigenvalue weighted by atomic mass is 10.1. The second kappa shape index (κ2) is 5.07. The lowest BCUT2D eigenvalue weighted by Crippen LogP contribution is -2.08. The van der Waals surface area contributed by atoms with Gasteiger partial charge in [-0.1, -0.05) is 0 Å². The molecule has 0 aromatic heterocycles. The fourth-order valence-electron chi connectivity index (χ4n) is 0.998. The molecule has 0 aliphatic heterocycles. The van der Waals surface area contributed by atoms with E-state index in [9.17, 15) is 9.18 Å². The van der Waals surface area contributed by atoms with Gasteiger partial charge in [0.05, 0.1) is 17.7 Å². The molecule has 1 rings (SSSR count). The summed E-state index contributed by atoms with van der Waals surface area (Å²) in [7, 11) is 0. The molecule has 0 radical (unpaired) electrons. The van der Waals surface area contributed by atoms with Crippen LogP contribution < -0.4 is 0 Å². The monoisotopic (exact) mass is 319 g/mol. The summed E-state index contributed by atoms with van der Waals surface area (Å²) in [5, 5.41) is 8.57. The first kappa shape index (κ1) is 11.9. The number of benzene rings is 1. The van der Waals surface area contributed by atoms with Crippen molar-refractivity contribution in [3.05, 3.63) is 32.6 Å². The molecule has 0 unspecified atom stereocenters. The molecule has 0 heterocycles. The maximum Gasteiger partial charge on any atom is 0.339 e. The number of carbonyl (C=O) groups excluding carboxylic acids is 1. The largest absolute Gasteiger partial charge is 0.462 e.